The van der Waals surface area contributed by atoms with Crippen molar-refractivity contribution in [1.82, 2.24) is 9.80 Å². The fraction of sp³-hybridized carbons (Fsp3) is 0.500. The Balaban J connectivity index is 1.93. The first-order valence-corrected chi connectivity index (χ1v) is 8.27. The van der Waals surface area contributed by atoms with Crippen LogP contribution in [0.1, 0.15) is 26.3 Å². The van der Waals surface area contributed by atoms with E-state index in [4.69, 9.17) is 5.26 Å². The molecular weight excluding hydrogens is 304 g/mol. The van der Waals surface area contributed by atoms with Crippen LogP contribution in [0.5, 0.6) is 0 Å². The molecule has 1 aliphatic heterocycles. The summed E-state index contributed by atoms with van der Waals surface area (Å²) in [6, 6.07) is 8.72. The zero-order valence-electron chi connectivity index (χ0n) is 14.5. The Bertz CT molecular complexity index is 643. The number of para-hydroxylation sites is 1. The molecule has 24 heavy (non-hydrogen) atoms. The van der Waals surface area contributed by atoms with Gasteiger partial charge in [-0.15, -0.1) is 0 Å². The molecule has 0 bridgehead atoms. The largest absolute Gasteiger partial charge is 0.340 e. The van der Waals surface area contributed by atoms with Gasteiger partial charge in [-0.25, -0.2) is 0 Å². The lowest BCUT2D eigenvalue weighted by Gasteiger charge is -2.38. The Kier molecular flexibility index (Phi) is 5.93. The number of amides is 2. The van der Waals surface area contributed by atoms with Crippen molar-refractivity contribution in [2.24, 2.45) is 5.92 Å². The molecule has 1 aromatic carbocycles. The van der Waals surface area contributed by atoms with Gasteiger partial charge in [-0.1, -0.05) is 26.0 Å². The number of anilines is 1. The average molecular weight is 328 g/mol. The van der Waals surface area contributed by atoms with Gasteiger partial charge in [0, 0.05) is 32.1 Å². The van der Waals surface area contributed by atoms with Gasteiger partial charge in [-0.3, -0.25) is 14.5 Å². The van der Waals surface area contributed by atoms with Crippen LogP contribution in [-0.4, -0.2) is 53.8 Å². The van der Waals surface area contributed by atoms with Gasteiger partial charge in [-0.05, 0) is 19.1 Å². The molecule has 0 radical (unpaired) electrons. The number of carbonyl (C=O) groups is 2. The number of benzene rings is 1. The molecule has 2 amide bonds. The number of nitrogens with one attached hydrogen (secondary N) is 1. The number of hydrogen-bond donors (Lipinski definition) is 1. The third kappa shape index (κ3) is 4.12. The Morgan fingerprint density at radius 3 is 2.33 bits per heavy atom. The molecule has 6 heteroatoms. The third-order valence-electron chi connectivity index (χ3n) is 4.35. The molecule has 1 N–H and O–H groups in total. The monoisotopic (exact) mass is 328 g/mol. The Hall–Kier alpha value is -2.39. The number of nitriles is 1. The summed E-state index contributed by atoms with van der Waals surface area (Å²) >= 11 is 0. The fourth-order valence-electron chi connectivity index (χ4n) is 2.79. The maximum Gasteiger partial charge on any atom is 0.241 e. The molecule has 1 unspecified atom stereocenters. The maximum atomic E-state index is 12.5. The zero-order chi connectivity index (χ0) is 17.7. The maximum absolute atomic E-state index is 12.5. The Morgan fingerprint density at radius 1 is 1.12 bits per heavy atom. The van der Waals surface area contributed by atoms with Gasteiger partial charge in [0.15, 0.2) is 0 Å². The van der Waals surface area contributed by atoms with E-state index in [1.54, 1.807) is 24.3 Å². The van der Waals surface area contributed by atoms with Crippen molar-refractivity contribution in [2.45, 2.75) is 26.8 Å². The third-order valence-corrected chi connectivity index (χ3v) is 4.35. The predicted octanol–water partition coefficient (Wildman–Crippen LogP) is 1.69. The summed E-state index contributed by atoms with van der Waals surface area (Å²) in [6.45, 7) is 8.28. The number of nitrogens with zero attached hydrogens (tertiary/aromatic N) is 3. The van der Waals surface area contributed by atoms with E-state index < -0.39 is 0 Å². The highest BCUT2D eigenvalue weighted by Gasteiger charge is 2.28. The van der Waals surface area contributed by atoms with E-state index in [1.165, 1.54) is 0 Å². The highest BCUT2D eigenvalue weighted by atomic mass is 16.2. The van der Waals surface area contributed by atoms with Gasteiger partial charge in [0.25, 0.3) is 0 Å². The SMILES string of the molecule is CC(C)C(=O)N1CCN(C(C)C(=O)Nc2ccccc2C#N)CC1. The molecular formula is C18H24N4O2. The Labute approximate surface area is 143 Å². The van der Waals surface area contributed by atoms with Crippen molar-refractivity contribution in [3.8, 4) is 6.07 Å². The molecule has 6 nitrogen and oxygen atoms in total. The van der Waals surface area contributed by atoms with Crippen LogP contribution in [-0.2, 0) is 9.59 Å². The quantitative estimate of drug-likeness (QED) is 0.912. The van der Waals surface area contributed by atoms with Crippen LogP contribution in [0.15, 0.2) is 24.3 Å². The zero-order valence-corrected chi connectivity index (χ0v) is 14.5. The first-order valence-electron chi connectivity index (χ1n) is 8.27. The lowest BCUT2D eigenvalue weighted by molar-refractivity contribution is -0.136. The van der Waals surface area contributed by atoms with E-state index in [9.17, 15) is 9.59 Å². The van der Waals surface area contributed by atoms with Gasteiger partial charge >= 0.3 is 0 Å². The standard InChI is InChI=1S/C18H24N4O2/c1-13(2)18(24)22-10-8-21(9-11-22)14(3)17(23)20-16-7-5-4-6-15(16)12-19/h4-7,13-14H,8-11H2,1-3H3,(H,20,23). The summed E-state index contributed by atoms with van der Waals surface area (Å²) < 4.78 is 0. The second-order valence-electron chi connectivity index (χ2n) is 6.34. The predicted molar refractivity (Wildman–Crippen MR) is 92.2 cm³/mol. The van der Waals surface area contributed by atoms with E-state index in [0.29, 0.717) is 37.4 Å². The Morgan fingerprint density at radius 2 is 1.75 bits per heavy atom. The summed E-state index contributed by atoms with van der Waals surface area (Å²) in [4.78, 5) is 28.4. The molecule has 1 heterocycles. The number of piperazine rings is 1. The second kappa shape index (κ2) is 7.93. The highest BCUT2D eigenvalue weighted by molar-refractivity contribution is 5.95. The second-order valence-corrected chi connectivity index (χ2v) is 6.34. The molecule has 0 spiro atoms. The van der Waals surface area contributed by atoms with Crippen molar-refractivity contribution in [1.29, 1.82) is 5.26 Å². The van der Waals surface area contributed by atoms with Crippen LogP contribution in [0.25, 0.3) is 0 Å². The summed E-state index contributed by atoms with van der Waals surface area (Å²) in [5.41, 5.74) is 0.982. The highest BCUT2D eigenvalue weighted by Crippen LogP contribution is 2.16. The van der Waals surface area contributed by atoms with Crippen LogP contribution < -0.4 is 5.32 Å². The smallest absolute Gasteiger partial charge is 0.241 e. The number of rotatable bonds is 4. The van der Waals surface area contributed by atoms with E-state index >= 15 is 0 Å². The molecule has 0 saturated carbocycles. The van der Waals surface area contributed by atoms with Crippen molar-refractivity contribution in [2.75, 3.05) is 31.5 Å². The lowest BCUT2D eigenvalue weighted by atomic mass is 10.1. The van der Waals surface area contributed by atoms with Crippen LogP contribution in [0.2, 0.25) is 0 Å². The minimum absolute atomic E-state index is 0.000226. The van der Waals surface area contributed by atoms with Crippen molar-refractivity contribution in [3.05, 3.63) is 29.8 Å². The number of hydrogen-bond acceptors (Lipinski definition) is 4. The van der Waals surface area contributed by atoms with E-state index in [0.717, 1.165) is 0 Å². The first kappa shape index (κ1) is 18.0. The van der Waals surface area contributed by atoms with Crippen LogP contribution in [0, 0.1) is 17.2 Å². The molecule has 0 aliphatic carbocycles. The average Bonchev–Trinajstić information content (AvgIpc) is 2.60. The summed E-state index contributed by atoms with van der Waals surface area (Å²) in [5, 5.41) is 11.9. The van der Waals surface area contributed by atoms with Crippen molar-refractivity contribution < 1.29 is 9.59 Å². The topological polar surface area (TPSA) is 76.4 Å². The van der Waals surface area contributed by atoms with E-state index in [-0.39, 0.29) is 23.8 Å². The van der Waals surface area contributed by atoms with Crippen LogP contribution >= 0.6 is 0 Å². The molecule has 1 saturated heterocycles. The van der Waals surface area contributed by atoms with Crippen LogP contribution in [0.4, 0.5) is 5.69 Å². The lowest BCUT2D eigenvalue weighted by Crippen LogP contribution is -2.54. The minimum atomic E-state index is -0.312. The minimum Gasteiger partial charge on any atom is -0.340 e. The molecule has 0 aromatic heterocycles. The van der Waals surface area contributed by atoms with Gasteiger partial charge in [0.05, 0.1) is 17.3 Å². The van der Waals surface area contributed by atoms with Gasteiger partial charge < -0.3 is 10.2 Å². The number of carbonyl (C=O) groups excluding carboxylic acids is 2. The molecule has 2 rings (SSSR count). The van der Waals surface area contributed by atoms with Gasteiger partial charge in [-0.2, -0.15) is 5.26 Å². The van der Waals surface area contributed by atoms with E-state index in [1.807, 2.05) is 25.7 Å². The van der Waals surface area contributed by atoms with Gasteiger partial charge in [0.1, 0.15) is 6.07 Å². The summed E-state index contributed by atoms with van der Waals surface area (Å²) in [7, 11) is 0. The van der Waals surface area contributed by atoms with Gasteiger partial charge in [0.2, 0.25) is 11.8 Å². The molecule has 1 fully saturated rings. The first-order chi connectivity index (χ1) is 11.4. The normalized spacial score (nSPS) is 16.5. The fourth-order valence-corrected chi connectivity index (χ4v) is 2.79. The molecule has 1 atom stereocenters. The molecule has 1 aliphatic rings. The van der Waals surface area contributed by atoms with Crippen LogP contribution in [0.3, 0.4) is 0 Å². The van der Waals surface area contributed by atoms with E-state index in [2.05, 4.69) is 16.3 Å². The summed E-state index contributed by atoms with van der Waals surface area (Å²) in [6.07, 6.45) is 0. The summed E-state index contributed by atoms with van der Waals surface area (Å²) in [5.74, 6) is 0.0239. The molecule has 1 aromatic rings. The van der Waals surface area contributed by atoms with Crippen molar-refractivity contribution >= 4 is 17.5 Å². The molecule has 128 valence electrons. The van der Waals surface area contributed by atoms with Crippen molar-refractivity contribution in [3.63, 3.8) is 0 Å².